The second kappa shape index (κ2) is 6.91. The Morgan fingerprint density at radius 2 is 1.96 bits per heavy atom. The highest BCUT2D eigenvalue weighted by molar-refractivity contribution is 7.89. The largest absolute Gasteiger partial charge is 0.367 e. The molecule has 1 saturated heterocycles. The van der Waals surface area contributed by atoms with E-state index in [4.69, 9.17) is 0 Å². The lowest BCUT2D eigenvalue weighted by Gasteiger charge is -2.27. The Hall–Kier alpha value is -1.92. The number of rotatable bonds is 5. The topological polar surface area (TPSA) is 49.4 Å². The molecule has 0 unspecified atom stereocenters. The lowest BCUT2D eigenvalue weighted by molar-refractivity contribution is 0.566. The first-order valence-electron chi connectivity index (χ1n) is 8.05. The van der Waals surface area contributed by atoms with Crippen LogP contribution in [0.2, 0.25) is 0 Å². The molecule has 0 aliphatic carbocycles. The van der Waals surface area contributed by atoms with Gasteiger partial charge in [-0.1, -0.05) is 18.2 Å². The molecular weight excluding hydrogens is 327 g/mol. The number of anilines is 1. The highest BCUT2D eigenvalue weighted by Gasteiger charge is 2.26. The first-order chi connectivity index (χ1) is 11.5. The van der Waals surface area contributed by atoms with E-state index in [-0.39, 0.29) is 10.9 Å². The van der Waals surface area contributed by atoms with Gasteiger partial charge in [0.15, 0.2) is 0 Å². The predicted octanol–water partition coefficient (Wildman–Crippen LogP) is 3.08. The first kappa shape index (κ1) is 16.9. The highest BCUT2D eigenvalue weighted by Crippen LogP contribution is 2.25. The van der Waals surface area contributed by atoms with Crippen molar-refractivity contribution in [2.24, 2.45) is 0 Å². The summed E-state index contributed by atoms with van der Waals surface area (Å²) in [6.45, 7) is 2.82. The summed E-state index contributed by atoms with van der Waals surface area (Å²) in [5.41, 5.74) is 1.43. The number of para-hydroxylation sites is 1. The Kier molecular flexibility index (Phi) is 4.87. The first-order valence-corrected chi connectivity index (χ1v) is 9.53. The zero-order valence-corrected chi connectivity index (χ0v) is 14.4. The maximum Gasteiger partial charge on any atom is 0.240 e. The standard InChI is InChI=1S/C18H21FN2O2S/c1-14-12-17(9-10-18(14)19)24(22,23)20-13-16-8-5-11-21(16)15-6-3-2-4-7-15/h2-4,6-7,9-10,12,16,20H,5,8,11,13H2,1H3/t16-/m1/s1. The van der Waals surface area contributed by atoms with Gasteiger partial charge in [-0.2, -0.15) is 0 Å². The van der Waals surface area contributed by atoms with Crippen LogP contribution in [-0.4, -0.2) is 27.5 Å². The van der Waals surface area contributed by atoms with Crippen LogP contribution in [0.4, 0.5) is 10.1 Å². The molecule has 2 aromatic carbocycles. The molecule has 6 heteroatoms. The molecule has 0 bridgehead atoms. The molecule has 1 aliphatic heterocycles. The van der Waals surface area contributed by atoms with Crippen molar-refractivity contribution in [3.63, 3.8) is 0 Å². The van der Waals surface area contributed by atoms with E-state index in [1.807, 2.05) is 30.3 Å². The van der Waals surface area contributed by atoms with Crippen molar-refractivity contribution in [2.45, 2.75) is 30.7 Å². The number of nitrogens with one attached hydrogen (secondary N) is 1. The van der Waals surface area contributed by atoms with E-state index in [2.05, 4.69) is 9.62 Å². The summed E-state index contributed by atoms with van der Waals surface area (Å²) in [5, 5.41) is 0. The molecular formula is C18H21FN2O2S. The molecule has 24 heavy (non-hydrogen) atoms. The van der Waals surface area contributed by atoms with Gasteiger partial charge in [0.05, 0.1) is 4.90 Å². The summed E-state index contributed by atoms with van der Waals surface area (Å²) < 4.78 is 40.9. The summed E-state index contributed by atoms with van der Waals surface area (Å²) in [7, 11) is -3.64. The van der Waals surface area contributed by atoms with Crippen LogP contribution in [0.1, 0.15) is 18.4 Å². The minimum atomic E-state index is -3.64. The van der Waals surface area contributed by atoms with Crippen molar-refractivity contribution < 1.29 is 12.8 Å². The number of benzene rings is 2. The van der Waals surface area contributed by atoms with Crippen LogP contribution in [-0.2, 0) is 10.0 Å². The molecule has 1 aliphatic rings. The van der Waals surface area contributed by atoms with Crippen molar-refractivity contribution in [3.05, 3.63) is 59.9 Å². The molecule has 0 spiro atoms. The fourth-order valence-corrected chi connectivity index (χ4v) is 4.24. The quantitative estimate of drug-likeness (QED) is 0.903. The third-order valence-electron chi connectivity index (χ3n) is 4.41. The third-order valence-corrected chi connectivity index (χ3v) is 5.83. The summed E-state index contributed by atoms with van der Waals surface area (Å²) in [6, 6.07) is 14.0. The van der Waals surface area contributed by atoms with Gasteiger partial charge in [0.25, 0.3) is 0 Å². The van der Waals surface area contributed by atoms with Gasteiger partial charge >= 0.3 is 0 Å². The number of hydrogen-bond donors (Lipinski definition) is 1. The van der Waals surface area contributed by atoms with Gasteiger partial charge in [-0.3, -0.25) is 0 Å². The van der Waals surface area contributed by atoms with Gasteiger partial charge in [-0.15, -0.1) is 0 Å². The fourth-order valence-electron chi connectivity index (χ4n) is 3.08. The third kappa shape index (κ3) is 3.60. The predicted molar refractivity (Wildman–Crippen MR) is 93.1 cm³/mol. The van der Waals surface area contributed by atoms with E-state index < -0.39 is 15.8 Å². The number of hydrogen-bond acceptors (Lipinski definition) is 3. The molecule has 0 radical (unpaired) electrons. The maximum atomic E-state index is 13.3. The Morgan fingerprint density at radius 1 is 1.21 bits per heavy atom. The number of sulfonamides is 1. The Labute approximate surface area is 142 Å². The molecule has 1 atom stereocenters. The number of halogens is 1. The van der Waals surface area contributed by atoms with E-state index in [9.17, 15) is 12.8 Å². The smallest absolute Gasteiger partial charge is 0.240 e. The lowest BCUT2D eigenvalue weighted by atomic mass is 10.2. The molecule has 0 amide bonds. The van der Waals surface area contributed by atoms with Gasteiger partial charge < -0.3 is 4.90 Å². The van der Waals surface area contributed by atoms with Gasteiger partial charge in [-0.05, 0) is 55.7 Å². The number of nitrogens with zero attached hydrogens (tertiary/aromatic N) is 1. The minimum Gasteiger partial charge on any atom is -0.367 e. The van der Waals surface area contributed by atoms with Crippen LogP contribution in [0.25, 0.3) is 0 Å². The second-order valence-electron chi connectivity index (χ2n) is 6.09. The van der Waals surface area contributed by atoms with Crippen molar-refractivity contribution in [3.8, 4) is 0 Å². The molecule has 4 nitrogen and oxygen atoms in total. The van der Waals surface area contributed by atoms with Crippen molar-refractivity contribution in [1.82, 2.24) is 4.72 Å². The molecule has 0 saturated carbocycles. The van der Waals surface area contributed by atoms with Crippen molar-refractivity contribution in [1.29, 1.82) is 0 Å². The van der Waals surface area contributed by atoms with Gasteiger partial charge in [0, 0.05) is 24.8 Å². The molecule has 1 heterocycles. The lowest BCUT2D eigenvalue weighted by Crippen LogP contribution is -2.40. The molecule has 1 fully saturated rings. The molecule has 0 aromatic heterocycles. The fraction of sp³-hybridized carbons (Fsp3) is 0.333. The molecule has 3 rings (SSSR count). The van der Waals surface area contributed by atoms with Crippen LogP contribution in [0.15, 0.2) is 53.4 Å². The maximum absolute atomic E-state index is 13.3. The summed E-state index contributed by atoms with van der Waals surface area (Å²) in [5.74, 6) is -0.403. The van der Waals surface area contributed by atoms with Crippen LogP contribution in [0, 0.1) is 12.7 Å². The highest BCUT2D eigenvalue weighted by atomic mass is 32.2. The van der Waals surface area contributed by atoms with Crippen LogP contribution in [0.5, 0.6) is 0 Å². The zero-order chi connectivity index (χ0) is 17.2. The van der Waals surface area contributed by atoms with Gasteiger partial charge in [0.1, 0.15) is 5.82 Å². The SMILES string of the molecule is Cc1cc(S(=O)(=O)NC[C@H]2CCCN2c2ccccc2)ccc1F. The van der Waals surface area contributed by atoms with Gasteiger partial charge in [-0.25, -0.2) is 17.5 Å². The molecule has 128 valence electrons. The van der Waals surface area contributed by atoms with Crippen LogP contribution in [0.3, 0.4) is 0 Å². The normalized spacial score (nSPS) is 18.1. The average molecular weight is 348 g/mol. The Bertz CT molecular complexity index is 809. The van der Waals surface area contributed by atoms with Crippen molar-refractivity contribution >= 4 is 15.7 Å². The zero-order valence-electron chi connectivity index (χ0n) is 13.6. The van der Waals surface area contributed by atoms with Crippen LogP contribution >= 0.6 is 0 Å². The molecule has 2 aromatic rings. The van der Waals surface area contributed by atoms with Crippen molar-refractivity contribution in [2.75, 3.05) is 18.0 Å². The Balaban J connectivity index is 1.71. The average Bonchev–Trinajstić information content (AvgIpc) is 3.05. The van der Waals surface area contributed by atoms with E-state index in [1.165, 1.54) is 18.2 Å². The minimum absolute atomic E-state index is 0.102. The van der Waals surface area contributed by atoms with E-state index in [0.29, 0.717) is 12.1 Å². The van der Waals surface area contributed by atoms with E-state index in [1.54, 1.807) is 6.92 Å². The van der Waals surface area contributed by atoms with Crippen LogP contribution < -0.4 is 9.62 Å². The monoisotopic (exact) mass is 348 g/mol. The summed E-state index contributed by atoms with van der Waals surface area (Å²) >= 11 is 0. The summed E-state index contributed by atoms with van der Waals surface area (Å²) in [6.07, 6.45) is 1.98. The summed E-state index contributed by atoms with van der Waals surface area (Å²) in [4.78, 5) is 2.34. The van der Waals surface area contributed by atoms with Gasteiger partial charge in [0.2, 0.25) is 10.0 Å². The molecule has 1 N–H and O–H groups in total. The Morgan fingerprint density at radius 3 is 2.67 bits per heavy atom. The number of aryl methyl sites for hydroxylation is 1. The van der Waals surface area contributed by atoms with E-state index in [0.717, 1.165) is 25.1 Å². The van der Waals surface area contributed by atoms with E-state index >= 15 is 0 Å². The second-order valence-corrected chi connectivity index (χ2v) is 7.85.